The van der Waals surface area contributed by atoms with Crippen molar-refractivity contribution in [1.29, 1.82) is 0 Å². The molecule has 1 fully saturated rings. The Morgan fingerprint density at radius 3 is 2.80 bits per heavy atom. The monoisotopic (exact) mass is 344 g/mol. The number of hydrogen-bond acceptors (Lipinski definition) is 3. The summed E-state index contributed by atoms with van der Waals surface area (Å²) in [6.07, 6.45) is 13.1. The summed E-state index contributed by atoms with van der Waals surface area (Å²) in [6, 6.07) is 4.33. The molecule has 5 heteroatoms. The molecule has 5 nitrogen and oxygen atoms in total. The SMILES string of the molecule is CN=C(NCCC1=CCCCC1)NCC(c1ccco1)N1CCCC1. The second kappa shape index (κ2) is 9.66. The van der Waals surface area contributed by atoms with E-state index in [1.54, 1.807) is 11.8 Å². The van der Waals surface area contributed by atoms with Gasteiger partial charge in [0.05, 0.1) is 12.3 Å². The largest absolute Gasteiger partial charge is 0.468 e. The van der Waals surface area contributed by atoms with E-state index in [1.807, 2.05) is 13.1 Å². The van der Waals surface area contributed by atoms with E-state index in [1.165, 1.54) is 38.5 Å². The highest BCUT2D eigenvalue weighted by molar-refractivity contribution is 5.79. The minimum atomic E-state index is 0.275. The number of nitrogens with one attached hydrogen (secondary N) is 2. The zero-order valence-electron chi connectivity index (χ0n) is 15.5. The van der Waals surface area contributed by atoms with Crippen LogP contribution in [0, 0.1) is 0 Å². The van der Waals surface area contributed by atoms with Crippen LogP contribution >= 0.6 is 0 Å². The lowest BCUT2D eigenvalue weighted by atomic mass is 9.97. The molecule has 2 heterocycles. The molecule has 3 rings (SSSR count). The quantitative estimate of drug-likeness (QED) is 0.452. The number of hydrogen-bond donors (Lipinski definition) is 2. The Kier molecular flexibility index (Phi) is 6.98. The molecule has 0 saturated carbocycles. The Hall–Kier alpha value is -1.75. The van der Waals surface area contributed by atoms with Gasteiger partial charge in [-0.2, -0.15) is 0 Å². The van der Waals surface area contributed by atoms with Crippen molar-refractivity contribution < 1.29 is 4.42 Å². The maximum absolute atomic E-state index is 5.69. The van der Waals surface area contributed by atoms with Gasteiger partial charge in [0, 0.05) is 20.1 Å². The van der Waals surface area contributed by atoms with Crippen molar-refractivity contribution in [2.24, 2.45) is 4.99 Å². The van der Waals surface area contributed by atoms with Gasteiger partial charge in [0.2, 0.25) is 0 Å². The Balaban J connectivity index is 1.47. The number of aliphatic imine (C=N–C) groups is 1. The summed E-state index contributed by atoms with van der Waals surface area (Å²) in [6.45, 7) is 4.05. The number of furan rings is 1. The maximum Gasteiger partial charge on any atom is 0.191 e. The molecule has 0 bridgehead atoms. The fourth-order valence-electron chi connectivity index (χ4n) is 3.83. The third-order valence-electron chi connectivity index (χ3n) is 5.26. The van der Waals surface area contributed by atoms with Crippen LogP contribution in [0.5, 0.6) is 0 Å². The molecular weight excluding hydrogens is 312 g/mol. The first-order valence-corrected chi connectivity index (χ1v) is 9.76. The van der Waals surface area contributed by atoms with Crippen molar-refractivity contribution in [2.45, 2.75) is 51.0 Å². The van der Waals surface area contributed by atoms with Crippen LogP contribution in [-0.2, 0) is 0 Å². The summed E-state index contributed by atoms with van der Waals surface area (Å²) in [5.41, 5.74) is 1.60. The van der Waals surface area contributed by atoms with E-state index in [4.69, 9.17) is 4.42 Å². The summed E-state index contributed by atoms with van der Waals surface area (Å²) in [7, 11) is 1.84. The number of likely N-dealkylation sites (tertiary alicyclic amines) is 1. The van der Waals surface area contributed by atoms with E-state index in [-0.39, 0.29) is 6.04 Å². The second-order valence-corrected chi connectivity index (χ2v) is 7.01. The minimum absolute atomic E-state index is 0.275. The van der Waals surface area contributed by atoms with E-state index in [0.29, 0.717) is 0 Å². The average molecular weight is 345 g/mol. The minimum Gasteiger partial charge on any atom is -0.468 e. The highest BCUT2D eigenvalue weighted by Gasteiger charge is 2.25. The van der Waals surface area contributed by atoms with Gasteiger partial charge in [-0.15, -0.1) is 0 Å². The normalized spacial score (nSPS) is 20.4. The van der Waals surface area contributed by atoms with Crippen molar-refractivity contribution in [3.63, 3.8) is 0 Å². The first-order valence-electron chi connectivity index (χ1n) is 9.76. The molecule has 1 unspecified atom stereocenters. The van der Waals surface area contributed by atoms with Crippen LogP contribution in [0.4, 0.5) is 0 Å². The van der Waals surface area contributed by atoms with Crippen LogP contribution in [0.25, 0.3) is 0 Å². The first kappa shape index (κ1) is 18.1. The van der Waals surface area contributed by atoms with Crippen molar-refractivity contribution in [1.82, 2.24) is 15.5 Å². The average Bonchev–Trinajstić information content (AvgIpc) is 3.36. The highest BCUT2D eigenvalue weighted by Crippen LogP contribution is 2.24. The van der Waals surface area contributed by atoms with Gasteiger partial charge >= 0.3 is 0 Å². The standard InChI is InChI=1S/C20H32N4O/c1-21-20(22-12-11-17-8-3-2-4-9-17)23-16-18(19-10-7-15-25-19)24-13-5-6-14-24/h7-8,10,15,18H,2-6,9,11-14,16H2,1H3,(H2,21,22,23). The van der Waals surface area contributed by atoms with Crippen LogP contribution in [-0.4, -0.2) is 44.1 Å². The molecule has 25 heavy (non-hydrogen) atoms. The molecule has 1 aromatic rings. The lowest BCUT2D eigenvalue weighted by Crippen LogP contribution is -2.42. The summed E-state index contributed by atoms with van der Waals surface area (Å²) in [5, 5.41) is 6.95. The van der Waals surface area contributed by atoms with Gasteiger partial charge in [-0.1, -0.05) is 11.6 Å². The number of guanidine groups is 1. The van der Waals surface area contributed by atoms with Crippen LogP contribution in [0.15, 0.2) is 39.5 Å². The Morgan fingerprint density at radius 2 is 2.12 bits per heavy atom. The predicted octanol–water partition coefficient (Wildman–Crippen LogP) is 3.47. The zero-order chi connectivity index (χ0) is 17.3. The summed E-state index contributed by atoms with van der Waals surface area (Å²) in [5.74, 6) is 1.92. The highest BCUT2D eigenvalue weighted by atomic mass is 16.3. The Labute approximate surface area is 151 Å². The van der Waals surface area contributed by atoms with Crippen molar-refractivity contribution >= 4 is 5.96 Å². The van der Waals surface area contributed by atoms with Crippen LogP contribution < -0.4 is 10.6 Å². The van der Waals surface area contributed by atoms with Gasteiger partial charge in [-0.3, -0.25) is 9.89 Å². The van der Waals surface area contributed by atoms with E-state index >= 15 is 0 Å². The van der Waals surface area contributed by atoms with Crippen molar-refractivity contribution in [2.75, 3.05) is 33.2 Å². The predicted molar refractivity (Wildman–Crippen MR) is 103 cm³/mol. The molecule has 1 aliphatic carbocycles. The fraction of sp³-hybridized carbons (Fsp3) is 0.650. The third-order valence-corrected chi connectivity index (χ3v) is 5.26. The molecule has 0 aromatic carbocycles. The maximum atomic E-state index is 5.69. The third kappa shape index (κ3) is 5.36. The van der Waals surface area contributed by atoms with Gasteiger partial charge in [-0.05, 0) is 70.2 Å². The molecule has 1 aliphatic heterocycles. The fourth-order valence-corrected chi connectivity index (χ4v) is 3.83. The van der Waals surface area contributed by atoms with E-state index in [0.717, 1.165) is 44.3 Å². The molecular formula is C20H32N4O. The molecule has 1 atom stereocenters. The summed E-state index contributed by atoms with van der Waals surface area (Å²) < 4.78 is 5.69. The molecule has 2 aliphatic rings. The van der Waals surface area contributed by atoms with E-state index < -0.39 is 0 Å². The number of rotatable bonds is 7. The first-order chi connectivity index (χ1) is 12.4. The van der Waals surface area contributed by atoms with E-state index in [2.05, 4.69) is 32.7 Å². The van der Waals surface area contributed by atoms with E-state index in [9.17, 15) is 0 Å². The number of nitrogens with zero attached hydrogens (tertiary/aromatic N) is 2. The molecule has 0 spiro atoms. The summed E-state index contributed by atoms with van der Waals surface area (Å²) >= 11 is 0. The molecule has 2 N–H and O–H groups in total. The number of allylic oxidation sites excluding steroid dienone is 1. The topological polar surface area (TPSA) is 52.8 Å². The van der Waals surface area contributed by atoms with Gasteiger partial charge in [0.25, 0.3) is 0 Å². The van der Waals surface area contributed by atoms with Crippen molar-refractivity contribution in [3.8, 4) is 0 Å². The molecule has 138 valence electrons. The zero-order valence-corrected chi connectivity index (χ0v) is 15.5. The molecule has 1 aromatic heterocycles. The van der Waals surface area contributed by atoms with Crippen molar-refractivity contribution in [3.05, 3.63) is 35.8 Å². The second-order valence-electron chi connectivity index (χ2n) is 7.01. The van der Waals surface area contributed by atoms with Crippen LogP contribution in [0.2, 0.25) is 0 Å². The molecule has 0 amide bonds. The van der Waals surface area contributed by atoms with Gasteiger partial charge in [0.15, 0.2) is 5.96 Å². The van der Waals surface area contributed by atoms with Crippen LogP contribution in [0.1, 0.15) is 56.7 Å². The molecule has 1 saturated heterocycles. The lowest BCUT2D eigenvalue weighted by Gasteiger charge is -2.26. The van der Waals surface area contributed by atoms with Gasteiger partial charge in [-0.25, -0.2) is 0 Å². The Morgan fingerprint density at radius 1 is 1.24 bits per heavy atom. The molecule has 0 radical (unpaired) electrons. The lowest BCUT2D eigenvalue weighted by molar-refractivity contribution is 0.215. The van der Waals surface area contributed by atoms with Gasteiger partial charge < -0.3 is 15.1 Å². The van der Waals surface area contributed by atoms with Crippen LogP contribution in [0.3, 0.4) is 0 Å². The van der Waals surface area contributed by atoms with Gasteiger partial charge in [0.1, 0.15) is 5.76 Å². The Bertz CT molecular complexity index is 558. The smallest absolute Gasteiger partial charge is 0.191 e. The summed E-state index contributed by atoms with van der Waals surface area (Å²) in [4.78, 5) is 6.88.